The maximum atomic E-state index is 13.8. The van der Waals surface area contributed by atoms with Crippen molar-refractivity contribution in [1.82, 2.24) is 0 Å². The quantitative estimate of drug-likeness (QED) is 0.107. The molecule has 0 rings (SSSR count). The maximum Gasteiger partial charge on any atom is 0.460 e. The van der Waals surface area contributed by atoms with Gasteiger partial charge in [-0.25, -0.2) is 4.79 Å². The molecular weight excluding hydrogens is 723 g/mol. The Hall–Kier alpha value is -2.54. The van der Waals surface area contributed by atoms with E-state index in [1.807, 2.05) is 0 Å². The Bertz CT molecular complexity index is 1130. The molecule has 0 saturated heterocycles. The van der Waals surface area contributed by atoms with Crippen molar-refractivity contribution in [3.05, 3.63) is 11.6 Å². The van der Waals surface area contributed by atoms with Crippen LogP contribution in [0.15, 0.2) is 11.6 Å². The highest BCUT2D eigenvalue weighted by Gasteiger charge is 2.99. The van der Waals surface area contributed by atoms with Crippen molar-refractivity contribution < 1.29 is 119 Å². The van der Waals surface area contributed by atoms with Gasteiger partial charge in [-0.2, -0.15) is 110 Å². The molecule has 0 aromatic rings. The van der Waals surface area contributed by atoms with Crippen LogP contribution in [0.2, 0.25) is 0 Å². The average Bonchev–Trinajstić information content (AvgIpc) is 2.81. The highest BCUT2D eigenvalue weighted by atomic mass is 19.4. The van der Waals surface area contributed by atoms with Crippen LogP contribution < -0.4 is 0 Å². The van der Waals surface area contributed by atoms with Gasteiger partial charge >= 0.3 is 77.3 Å². The second-order valence-electron chi connectivity index (χ2n) is 8.41. The number of allylic oxidation sites excluding steroid dienone is 1. The molecule has 0 aliphatic carbocycles. The van der Waals surface area contributed by atoms with Crippen molar-refractivity contribution in [3.8, 4) is 0 Å². The molecule has 45 heavy (non-hydrogen) atoms. The first kappa shape index (κ1) is 42.5. The van der Waals surface area contributed by atoms with Crippen molar-refractivity contribution >= 4 is 5.97 Å². The number of ether oxygens (including phenoxy) is 1. The monoisotopic (exact) mass is 732 g/mol. The van der Waals surface area contributed by atoms with E-state index in [4.69, 9.17) is 0 Å². The van der Waals surface area contributed by atoms with Crippen molar-refractivity contribution in [2.45, 2.75) is 85.2 Å². The number of carbonyl (C=O) groups is 1. The highest BCUT2D eigenvalue weighted by molar-refractivity contribution is 5.87. The molecule has 2 nitrogen and oxygen atoms in total. The molecule has 0 saturated carbocycles. The number of halogens is 25. The first-order valence-corrected chi connectivity index (χ1v) is 10.2. The number of rotatable bonds is 13. The van der Waals surface area contributed by atoms with Gasteiger partial charge in [0.25, 0.3) is 0 Å². The lowest BCUT2D eigenvalue weighted by molar-refractivity contribution is -0.481. The zero-order chi connectivity index (χ0) is 37.3. The highest BCUT2D eigenvalue weighted by Crippen LogP contribution is 2.67. The predicted octanol–water partition coefficient (Wildman–Crippen LogP) is 9.05. The first-order valence-electron chi connectivity index (χ1n) is 10.2. The molecule has 0 radical (unpaired) electrons. The summed E-state index contributed by atoms with van der Waals surface area (Å²) in [6, 6.07) is 0. The van der Waals surface area contributed by atoms with Crippen LogP contribution in [0.1, 0.15) is 13.8 Å². The summed E-state index contributed by atoms with van der Waals surface area (Å²) in [6.45, 7) is -0.00579. The molecule has 27 heteroatoms. The topological polar surface area (TPSA) is 26.3 Å². The number of hydrogen-bond acceptors (Lipinski definition) is 2. The molecule has 0 atom stereocenters. The Morgan fingerprint density at radius 2 is 0.667 bits per heavy atom. The molecule has 0 aromatic heterocycles. The molecule has 0 unspecified atom stereocenters. The van der Waals surface area contributed by atoms with Gasteiger partial charge in [0, 0.05) is 11.6 Å². The Balaban J connectivity index is 7.37. The van der Waals surface area contributed by atoms with E-state index in [1.54, 1.807) is 0 Å². The minimum absolute atomic E-state index is 0.0536. The number of hydrogen-bond donors (Lipinski definition) is 0. The van der Waals surface area contributed by atoms with E-state index in [2.05, 4.69) is 4.74 Å². The van der Waals surface area contributed by atoms with Crippen molar-refractivity contribution in [3.63, 3.8) is 0 Å². The normalized spacial score (nSPS) is 16.6. The van der Waals surface area contributed by atoms with E-state index in [0.717, 1.165) is 6.92 Å². The summed E-state index contributed by atoms with van der Waals surface area (Å²) in [7, 11) is 0. The Kier molecular flexibility index (Phi) is 10.4. The Morgan fingerprint density at radius 1 is 0.444 bits per heavy atom. The van der Waals surface area contributed by atoms with Crippen molar-refractivity contribution in [2.24, 2.45) is 0 Å². The van der Waals surface area contributed by atoms with Crippen LogP contribution in [0, 0.1) is 0 Å². The van der Waals surface area contributed by atoms with E-state index in [0.29, 0.717) is 0 Å². The smallest absolute Gasteiger partial charge is 0.460 e. The third kappa shape index (κ3) is 5.49. The molecule has 0 spiro atoms. The summed E-state index contributed by atoms with van der Waals surface area (Å²) in [5, 5.41) is 0. The van der Waals surface area contributed by atoms with Gasteiger partial charge in [0.15, 0.2) is 0 Å². The first-order chi connectivity index (χ1) is 19.1. The van der Waals surface area contributed by atoms with E-state index < -0.39 is 95.5 Å². The van der Waals surface area contributed by atoms with Crippen LogP contribution in [0.5, 0.6) is 0 Å². The summed E-state index contributed by atoms with van der Waals surface area (Å²) >= 11 is 0. The van der Waals surface area contributed by atoms with E-state index in [1.165, 1.54) is 0 Å². The van der Waals surface area contributed by atoms with Gasteiger partial charge in [0.1, 0.15) is 0 Å². The van der Waals surface area contributed by atoms with Gasteiger partial charge in [-0.05, 0) is 13.8 Å². The van der Waals surface area contributed by atoms with E-state index in [9.17, 15) is 115 Å². The van der Waals surface area contributed by atoms with Crippen LogP contribution in [0.3, 0.4) is 0 Å². The van der Waals surface area contributed by atoms with Gasteiger partial charge in [-0.3, -0.25) is 0 Å². The Morgan fingerprint density at radius 3 is 0.889 bits per heavy atom. The van der Waals surface area contributed by atoms with Crippen LogP contribution in [-0.4, -0.2) is 83.9 Å². The maximum absolute atomic E-state index is 13.8. The molecule has 0 amide bonds. The number of alkyl halides is 25. The zero-order valence-corrected chi connectivity index (χ0v) is 20.6. The Labute approximate surface area is 230 Å². The van der Waals surface area contributed by atoms with Gasteiger partial charge in [0.2, 0.25) is 0 Å². The van der Waals surface area contributed by atoms with Crippen LogP contribution in [-0.2, 0) is 9.53 Å². The minimum Gasteiger partial charge on any atom is -0.463 e. The fraction of sp³-hybridized carbons (Fsp3) is 0.833. The van der Waals surface area contributed by atoms with E-state index in [-0.39, 0.29) is 6.92 Å². The molecule has 0 aromatic carbocycles. The number of carbonyl (C=O) groups excluding carboxylic acids is 1. The molecular formula is C18H9F25O2. The second kappa shape index (κ2) is 11.0. The summed E-state index contributed by atoms with van der Waals surface area (Å²) < 4.78 is 339. The summed E-state index contributed by atoms with van der Waals surface area (Å²) in [4.78, 5) is 11.2. The summed E-state index contributed by atoms with van der Waals surface area (Å²) in [6.07, 6.45) is -9.97. The molecule has 0 aliphatic rings. The van der Waals surface area contributed by atoms with Crippen LogP contribution in [0.25, 0.3) is 0 Å². The molecule has 268 valence electrons. The van der Waals surface area contributed by atoms with Crippen molar-refractivity contribution in [1.29, 1.82) is 0 Å². The minimum atomic E-state index is -9.64. The van der Waals surface area contributed by atoms with E-state index >= 15 is 0 Å². The number of esters is 1. The third-order valence-electron chi connectivity index (χ3n) is 5.32. The standard InChI is InChI=1S/C18H9F25O2/c1-3-45-6(44)5(2)4-7(19,20)8(21,22)9(23,24)10(25,26)11(27,28)12(29,30)13(31,32)14(33,34)15(35,36)16(37,38)17(39,40)18(41,42)43/h4H,3H2,1-2H3. The van der Waals surface area contributed by atoms with Gasteiger partial charge < -0.3 is 4.74 Å². The summed E-state index contributed by atoms with van der Waals surface area (Å²) in [5.74, 6) is -101. The fourth-order valence-corrected chi connectivity index (χ4v) is 2.63. The lowest BCUT2D eigenvalue weighted by Crippen LogP contribution is -2.78. The van der Waals surface area contributed by atoms with Crippen molar-refractivity contribution in [2.75, 3.05) is 6.61 Å². The SMILES string of the molecule is CCOC(=O)C(C)=CC(F)(F)C(F)(F)C(F)(F)C(F)(F)C(F)(F)C(F)(F)C(F)(F)C(F)(F)C(F)(F)C(F)(F)C(F)(F)C(F)(F)F. The lowest BCUT2D eigenvalue weighted by atomic mass is 9.84. The largest absolute Gasteiger partial charge is 0.463 e. The van der Waals surface area contributed by atoms with Crippen LogP contribution >= 0.6 is 0 Å². The average molecular weight is 732 g/mol. The van der Waals surface area contributed by atoms with Crippen LogP contribution in [0.4, 0.5) is 110 Å². The molecule has 0 bridgehead atoms. The third-order valence-corrected chi connectivity index (χ3v) is 5.32. The molecule has 0 heterocycles. The fourth-order valence-electron chi connectivity index (χ4n) is 2.63. The second-order valence-corrected chi connectivity index (χ2v) is 8.41. The lowest BCUT2D eigenvalue weighted by Gasteiger charge is -2.45. The van der Waals surface area contributed by atoms with Gasteiger partial charge in [0.05, 0.1) is 6.61 Å². The molecule has 0 fully saturated rings. The molecule has 0 aliphatic heterocycles. The molecule has 0 N–H and O–H groups in total. The summed E-state index contributed by atoms with van der Waals surface area (Å²) in [5.41, 5.74) is -1.97. The predicted molar refractivity (Wildman–Crippen MR) is 90.9 cm³/mol. The zero-order valence-electron chi connectivity index (χ0n) is 20.6. The van der Waals surface area contributed by atoms with Gasteiger partial charge in [-0.1, -0.05) is 0 Å². The van der Waals surface area contributed by atoms with Gasteiger partial charge in [-0.15, -0.1) is 0 Å².